The molecule has 1 saturated carbocycles. The summed E-state index contributed by atoms with van der Waals surface area (Å²) >= 11 is 0. The molecule has 0 spiro atoms. The zero-order valence-corrected chi connectivity index (χ0v) is 11.2. The fourth-order valence-corrected chi connectivity index (χ4v) is 3.42. The average Bonchev–Trinajstić information content (AvgIpc) is 3.07. The minimum atomic E-state index is -1.27. The van der Waals surface area contributed by atoms with Gasteiger partial charge in [-0.05, 0) is 30.2 Å². The molecule has 1 heterocycles. The molecular weight excluding hydrogens is 284 g/mol. The molecule has 2 fully saturated rings. The van der Waals surface area contributed by atoms with Crippen molar-refractivity contribution >= 4 is 12.1 Å². The van der Waals surface area contributed by atoms with Crippen LogP contribution in [0.3, 0.4) is 0 Å². The van der Waals surface area contributed by atoms with Gasteiger partial charge in [0.25, 0.3) is 0 Å². The van der Waals surface area contributed by atoms with E-state index in [0.717, 1.165) is 23.1 Å². The number of amides is 1. The van der Waals surface area contributed by atoms with Crippen LogP contribution >= 0.6 is 0 Å². The molecule has 7 heteroatoms. The van der Waals surface area contributed by atoms with E-state index in [1.807, 2.05) is 0 Å². The van der Waals surface area contributed by atoms with E-state index in [2.05, 4.69) is 4.74 Å². The third-order valence-electron chi connectivity index (χ3n) is 4.46. The number of piperidine rings is 1. The number of likely N-dealkylation sites (tertiary alicyclic amines) is 1. The monoisotopic (exact) mass is 297 g/mol. The van der Waals surface area contributed by atoms with Gasteiger partial charge in [-0.15, -0.1) is 0 Å². The molecule has 1 amide bonds. The van der Waals surface area contributed by atoms with Gasteiger partial charge in [-0.1, -0.05) is 0 Å². The first-order chi connectivity index (χ1) is 9.90. The molecule has 0 aromatic heterocycles. The largest absolute Gasteiger partial charge is 0.467 e. The van der Waals surface area contributed by atoms with Crippen molar-refractivity contribution < 1.29 is 28.2 Å². The second-order valence-electron chi connectivity index (χ2n) is 5.47. The molecule has 0 bridgehead atoms. The molecule has 3 unspecified atom stereocenters. The van der Waals surface area contributed by atoms with Gasteiger partial charge in [0, 0.05) is 17.9 Å². The van der Waals surface area contributed by atoms with Crippen LogP contribution in [-0.4, -0.2) is 41.8 Å². The third kappa shape index (κ3) is 1.87. The van der Waals surface area contributed by atoms with Gasteiger partial charge in [0.1, 0.15) is 17.7 Å². The Labute approximate surface area is 119 Å². The quantitative estimate of drug-likeness (QED) is 0.845. The van der Waals surface area contributed by atoms with Gasteiger partial charge in [-0.25, -0.2) is 18.4 Å². The van der Waals surface area contributed by atoms with E-state index in [1.54, 1.807) is 0 Å². The van der Waals surface area contributed by atoms with Crippen LogP contribution in [0.2, 0.25) is 0 Å². The number of hydrogen-bond donors (Lipinski definition) is 1. The molecule has 2 aliphatic rings. The van der Waals surface area contributed by atoms with E-state index >= 15 is 0 Å². The molecule has 1 aromatic carbocycles. The van der Waals surface area contributed by atoms with Crippen molar-refractivity contribution in [2.24, 2.45) is 5.92 Å². The number of benzene rings is 1. The Balaban J connectivity index is 2.01. The van der Waals surface area contributed by atoms with E-state index in [4.69, 9.17) is 0 Å². The molecule has 3 rings (SSSR count). The van der Waals surface area contributed by atoms with Gasteiger partial charge in [-0.3, -0.25) is 4.90 Å². The number of esters is 1. The predicted octanol–water partition coefficient (Wildman–Crippen LogP) is 1.76. The van der Waals surface area contributed by atoms with Crippen LogP contribution in [0.5, 0.6) is 0 Å². The van der Waals surface area contributed by atoms with Crippen LogP contribution in [0.25, 0.3) is 0 Å². The van der Waals surface area contributed by atoms with Crippen LogP contribution in [0.15, 0.2) is 18.2 Å². The van der Waals surface area contributed by atoms with Crippen LogP contribution in [0.4, 0.5) is 13.6 Å². The van der Waals surface area contributed by atoms with Gasteiger partial charge in [-0.2, -0.15) is 0 Å². The molecular formula is C14H13F2NO4. The van der Waals surface area contributed by atoms with Crippen molar-refractivity contribution in [3.63, 3.8) is 0 Å². The van der Waals surface area contributed by atoms with E-state index < -0.39 is 35.2 Å². The van der Waals surface area contributed by atoms with Gasteiger partial charge in [0.15, 0.2) is 0 Å². The highest BCUT2D eigenvalue weighted by Gasteiger charge is 2.69. The zero-order valence-electron chi connectivity index (χ0n) is 11.2. The lowest BCUT2D eigenvalue weighted by Gasteiger charge is -2.23. The van der Waals surface area contributed by atoms with Crippen molar-refractivity contribution in [1.29, 1.82) is 0 Å². The Bertz CT molecular complexity index is 635. The number of rotatable bonds is 2. The summed E-state index contributed by atoms with van der Waals surface area (Å²) in [5, 5.41) is 9.20. The molecule has 21 heavy (non-hydrogen) atoms. The van der Waals surface area contributed by atoms with Gasteiger partial charge >= 0.3 is 12.1 Å². The zero-order chi connectivity index (χ0) is 15.4. The topological polar surface area (TPSA) is 66.8 Å². The number of carbonyl (C=O) groups is 2. The van der Waals surface area contributed by atoms with Crippen LogP contribution in [-0.2, 0) is 14.9 Å². The number of halogens is 2. The summed E-state index contributed by atoms with van der Waals surface area (Å²) in [6.45, 7) is -0.0346. The van der Waals surface area contributed by atoms with Crippen molar-refractivity contribution in [3.05, 3.63) is 35.4 Å². The Morgan fingerprint density at radius 1 is 1.43 bits per heavy atom. The maximum absolute atomic E-state index is 14.0. The first kappa shape index (κ1) is 13.8. The van der Waals surface area contributed by atoms with Crippen molar-refractivity contribution in [3.8, 4) is 0 Å². The van der Waals surface area contributed by atoms with E-state index in [9.17, 15) is 23.5 Å². The summed E-state index contributed by atoms with van der Waals surface area (Å²) in [6, 6.07) is 2.14. The molecule has 1 saturated heterocycles. The van der Waals surface area contributed by atoms with Gasteiger partial charge in [0.2, 0.25) is 0 Å². The minimum absolute atomic E-state index is 0.0346. The Hall–Kier alpha value is -2.18. The lowest BCUT2D eigenvalue weighted by atomic mass is 9.93. The number of methoxy groups -OCH3 is 1. The van der Waals surface area contributed by atoms with Crippen LogP contribution in [0, 0.1) is 17.6 Å². The highest BCUT2D eigenvalue weighted by atomic mass is 19.1. The smallest absolute Gasteiger partial charge is 0.408 e. The SMILES string of the molecule is COC(=O)C1C2CC2(c2cc(F)ccc2F)CN1C(=O)O. The first-order valence-electron chi connectivity index (χ1n) is 6.43. The number of nitrogens with zero attached hydrogens (tertiary/aromatic N) is 1. The molecule has 5 nitrogen and oxygen atoms in total. The number of fused-ring (bicyclic) bond motifs is 1. The fraction of sp³-hybridized carbons (Fsp3) is 0.429. The number of hydrogen-bond acceptors (Lipinski definition) is 3. The van der Waals surface area contributed by atoms with Gasteiger partial charge in [0.05, 0.1) is 7.11 Å². The van der Waals surface area contributed by atoms with Crippen LogP contribution in [0.1, 0.15) is 12.0 Å². The highest BCUT2D eigenvalue weighted by Crippen LogP contribution is 2.62. The predicted molar refractivity (Wildman–Crippen MR) is 66.7 cm³/mol. The second kappa shape index (κ2) is 4.41. The average molecular weight is 297 g/mol. The second-order valence-corrected chi connectivity index (χ2v) is 5.47. The van der Waals surface area contributed by atoms with Crippen molar-refractivity contribution in [2.45, 2.75) is 17.9 Å². The number of carbonyl (C=O) groups excluding carboxylic acids is 1. The maximum Gasteiger partial charge on any atom is 0.408 e. The standard InChI is InChI=1S/C14H13F2NO4/c1-21-12(18)11-9-5-14(9,6-17(11)13(19)20)8-4-7(15)2-3-10(8)16/h2-4,9,11H,5-6H2,1H3,(H,19,20). The van der Waals surface area contributed by atoms with Gasteiger partial charge < -0.3 is 9.84 Å². The summed E-state index contributed by atoms with van der Waals surface area (Å²) in [5.41, 5.74) is -0.700. The molecule has 112 valence electrons. The van der Waals surface area contributed by atoms with E-state index in [1.165, 1.54) is 7.11 Å². The normalized spacial score (nSPS) is 30.0. The number of ether oxygens (including phenoxy) is 1. The summed E-state index contributed by atoms with van der Waals surface area (Å²) in [7, 11) is 1.17. The Kier molecular flexibility index (Phi) is 2.89. The Morgan fingerprint density at radius 3 is 2.76 bits per heavy atom. The Morgan fingerprint density at radius 2 is 2.14 bits per heavy atom. The molecule has 3 atom stereocenters. The number of carboxylic acid groups (broad SMARTS) is 1. The lowest BCUT2D eigenvalue weighted by molar-refractivity contribution is -0.146. The summed E-state index contributed by atoms with van der Waals surface area (Å²) < 4.78 is 32.0. The third-order valence-corrected chi connectivity index (χ3v) is 4.46. The highest BCUT2D eigenvalue weighted by molar-refractivity contribution is 5.84. The minimum Gasteiger partial charge on any atom is -0.467 e. The lowest BCUT2D eigenvalue weighted by Crippen LogP contribution is -2.43. The van der Waals surface area contributed by atoms with E-state index in [-0.39, 0.29) is 18.0 Å². The molecule has 1 aromatic rings. The fourth-order valence-electron chi connectivity index (χ4n) is 3.42. The maximum atomic E-state index is 14.0. The molecule has 1 aliphatic heterocycles. The summed E-state index contributed by atoms with van der Waals surface area (Å²) in [6.07, 6.45) is -0.828. The molecule has 1 N–H and O–H groups in total. The molecule has 1 aliphatic carbocycles. The molecule has 0 radical (unpaired) electrons. The summed E-state index contributed by atoms with van der Waals surface area (Å²) in [4.78, 5) is 24.0. The van der Waals surface area contributed by atoms with Crippen LogP contribution < -0.4 is 0 Å². The van der Waals surface area contributed by atoms with Crippen molar-refractivity contribution in [2.75, 3.05) is 13.7 Å². The summed E-state index contributed by atoms with van der Waals surface area (Å²) in [5.74, 6) is -2.22. The van der Waals surface area contributed by atoms with Crippen molar-refractivity contribution in [1.82, 2.24) is 4.90 Å². The first-order valence-corrected chi connectivity index (χ1v) is 6.43. The van der Waals surface area contributed by atoms with E-state index in [0.29, 0.717) is 6.42 Å².